The zero-order valence-corrected chi connectivity index (χ0v) is 11.4. The Morgan fingerprint density at radius 3 is 2.28 bits per heavy atom. The van der Waals surface area contributed by atoms with Gasteiger partial charge in [0.25, 0.3) is 0 Å². The topological polar surface area (TPSA) is 35.5 Å². The fourth-order valence-electron chi connectivity index (χ4n) is 1.81. The molecular formula is C14H19BO3. The lowest BCUT2D eigenvalue weighted by Gasteiger charge is -2.47. The molecule has 0 spiro atoms. The molecule has 0 unspecified atom stereocenters. The summed E-state index contributed by atoms with van der Waals surface area (Å²) in [5.41, 5.74) is 1.34. The van der Waals surface area contributed by atoms with Crippen molar-refractivity contribution < 1.29 is 14.1 Å². The van der Waals surface area contributed by atoms with Crippen molar-refractivity contribution in [2.75, 3.05) is 6.61 Å². The number of carbonyl (C=O) groups is 1. The van der Waals surface area contributed by atoms with Crippen LogP contribution in [0.2, 0.25) is 0 Å². The van der Waals surface area contributed by atoms with E-state index < -0.39 is 0 Å². The van der Waals surface area contributed by atoms with Crippen molar-refractivity contribution in [2.24, 2.45) is 5.41 Å². The zero-order chi connectivity index (χ0) is 13.4. The molecule has 2 rings (SSSR count). The fraction of sp³-hybridized carbons (Fsp3) is 0.500. The van der Waals surface area contributed by atoms with E-state index in [1.165, 1.54) is 0 Å². The van der Waals surface area contributed by atoms with Crippen LogP contribution in [-0.2, 0) is 9.31 Å². The van der Waals surface area contributed by atoms with Gasteiger partial charge in [-0.2, -0.15) is 0 Å². The average molecular weight is 246 g/mol. The average Bonchev–Trinajstić information content (AvgIpc) is 2.33. The van der Waals surface area contributed by atoms with Crippen LogP contribution >= 0.6 is 0 Å². The number of aldehydes is 1. The van der Waals surface area contributed by atoms with Gasteiger partial charge in [-0.05, 0) is 19.3 Å². The summed E-state index contributed by atoms with van der Waals surface area (Å²) in [6.07, 6.45) is 0.833. The van der Waals surface area contributed by atoms with E-state index in [-0.39, 0.29) is 18.1 Å². The monoisotopic (exact) mass is 246 g/mol. The highest BCUT2D eigenvalue weighted by Gasteiger charge is 2.46. The second-order valence-corrected chi connectivity index (χ2v) is 5.94. The maximum Gasteiger partial charge on any atom is 0.494 e. The predicted octanol–water partition coefficient (Wildman–Crippen LogP) is 2.05. The number of hydrogen-bond donors (Lipinski definition) is 0. The van der Waals surface area contributed by atoms with Crippen molar-refractivity contribution >= 4 is 18.9 Å². The third kappa shape index (κ3) is 2.35. The lowest BCUT2D eigenvalue weighted by atomic mass is 9.69. The summed E-state index contributed by atoms with van der Waals surface area (Å²) < 4.78 is 11.8. The van der Waals surface area contributed by atoms with Crippen LogP contribution in [0, 0.1) is 5.41 Å². The molecule has 3 nitrogen and oxygen atoms in total. The minimum Gasteiger partial charge on any atom is -0.407 e. The fourth-order valence-corrected chi connectivity index (χ4v) is 1.81. The summed E-state index contributed by atoms with van der Waals surface area (Å²) >= 11 is 0. The summed E-state index contributed by atoms with van der Waals surface area (Å²) in [7, 11) is -0.353. The largest absolute Gasteiger partial charge is 0.494 e. The minimum atomic E-state index is -0.353. The quantitative estimate of drug-likeness (QED) is 0.591. The summed E-state index contributed by atoms with van der Waals surface area (Å²) in [4.78, 5) is 10.6. The molecule has 0 saturated carbocycles. The van der Waals surface area contributed by atoms with E-state index in [1.807, 2.05) is 12.1 Å². The Morgan fingerprint density at radius 1 is 1.17 bits per heavy atom. The third-order valence-corrected chi connectivity index (χ3v) is 3.97. The Bertz CT molecular complexity index is 437. The molecule has 1 aliphatic rings. The van der Waals surface area contributed by atoms with E-state index >= 15 is 0 Å². The highest BCUT2D eigenvalue weighted by molar-refractivity contribution is 6.61. The second-order valence-electron chi connectivity index (χ2n) is 5.94. The summed E-state index contributed by atoms with van der Waals surface area (Å²) in [5, 5.41) is 0. The maximum atomic E-state index is 10.6. The minimum absolute atomic E-state index is 0.0216. The Balaban J connectivity index is 2.18. The SMILES string of the molecule is CC1(C)COB(c2ccc(C=O)cc2)OC1(C)C. The molecule has 18 heavy (non-hydrogen) atoms. The van der Waals surface area contributed by atoms with Crippen LogP contribution in [0.5, 0.6) is 0 Å². The smallest absolute Gasteiger partial charge is 0.407 e. The molecule has 1 heterocycles. The normalized spacial score (nSPS) is 21.7. The van der Waals surface area contributed by atoms with Gasteiger partial charge in [0, 0.05) is 17.6 Å². The molecule has 0 aromatic heterocycles. The van der Waals surface area contributed by atoms with Crippen molar-refractivity contribution in [3.05, 3.63) is 29.8 Å². The predicted molar refractivity (Wildman–Crippen MR) is 72.1 cm³/mol. The van der Waals surface area contributed by atoms with Crippen molar-refractivity contribution in [1.29, 1.82) is 0 Å². The van der Waals surface area contributed by atoms with Crippen LogP contribution in [0.3, 0.4) is 0 Å². The highest BCUT2D eigenvalue weighted by atomic mass is 16.6. The van der Waals surface area contributed by atoms with Crippen LogP contribution < -0.4 is 5.46 Å². The molecule has 96 valence electrons. The summed E-state index contributed by atoms with van der Waals surface area (Å²) in [5.74, 6) is 0. The molecule has 0 atom stereocenters. The first-order valence-corrected chi connectivity index (χ1v) is 6.20. The van der Waals surface area contributed by atoms with E-state index in [0.29, 0.717) is 12.2 Å². The van der Waals surface area contributed by atoms with Crippen LogP contribution in [0.4, 0.5) is 0 Å². The van der Waals surface area contributed by atoms with Crippen LogP contribution in [0.1, 0.15) is 38.1 Å². The van der Waals surface area contributed by atoms with E-state index in [2.05, 4.69) is 27.7 Å². The standard InChI is InChI=1S/C14H19BO3/c1-13(2)10-17-15(18-14(13,3)4)12-7-5-11(9-16)6-8-12/h5-9H,10H2,1-4H3. The van der Waals surface area contributed by atoms with Gasteiger partial charge in [0.15, 0.2) is 0 Å². The molecule has 0 radical (unpaired) electrons. The van der Waals surface area contributed by atoms with Gasteiger partial charge in [0.1, 0.15) is 6.29 Å². The lowest BCUT2D eigenvalue weighted by Crippen LogP contribution is -2.58. The van der Waals surface area contributed by atoms with Gasteiger partial charge < -0.3 is 9.31 Å². The first kappa shape index (κ1) is 13.3. The van der Waals surface area contributed by atoms with Gasteiger partial charge in [-0.15, -0.1) is 0 Å². The van der Waals surface area contributed by atoms with Gasteiger partial charge in [0.05, 0.1) is 5.60 Å². The van der Waals surface area contributed by atoms with Crippen LogP contribution in [0.15, 0.2) is 24.3 Å². The molecule has 1 fully saturated rings. The molecule has 0 N–H and O–H groups in total. The van der Waals surface area contributed by atoms with Crippen LogP contribution in [-0.4, -0.2) is 25.6 Å². The summed E-state index contributed by atoms with van der Waals surface area (Å²) in [6.45, 7) is 9.10. The molecule has 0 bridgehead atoms. The Morgan fingerprint density at radius 2 is 1.78 bits per heavy atom. The van der Waals surface area contributed by atoms with Crippen LogP contribution in [0.25, 0.3) is 0 Å². The van der Waals surface area contributed by atoms with E-state index in [1.54, 1.807) is 12.1 Å². The molecule has 1 aromatic rings. The Hall–Kier alpha value is -1.13. The zero-order valence-electron chi connectivity index (χ0n) is 11.4. The Kier molecular flexibility index (Phi) is 3.34. The number of rotatable bonds is 2. The Labute approximate surface area is 109 Å². The van der Waals surface area contributed by atoms with Crippen molar-refractivity contribution in [1.82, 2.24) is 0 Å². The van der Waals surface area contributed by atoms with Crippen molar-refractivity contribution in [3.63, 3.8) is 0 Å². The molecule has 0 amide bonds. The van der Waals surface area contributed by atoms with Gasteiger partial charge in [-0.25, -0.2) is 0 Å². The van der Waals surface area contributed by atoms with E-state index in [9.17, 15) is 4.79 Å². The molecule has 1 saturated heterocycles. The molecule has 0 aliphatic carbocycles. The van der Waals surface area contributed by atoms with Gasteiger partial charge in [-0.1, -0.05) is 38.1 Å². The number of benzene rings is 1. The first-order valence-electron chi connectivity index (χ1n) is 6.20. The second kappa shape index (κ2) is 4.52. The first-order chi connectivity index (χ1) is 8.36. The highest BCUT2D eigenvalue weighted by Crippen LogP contribution is 2.37. The van der Waals surface area contributed by atoms with E-state index in [0.717, 1.165) is 11.7 Å². The van der Waals surface area contributed by atoms with Crippen molar-refractivity contribution in [2.45, 2.75) is 33.3 Å². The maximum absolute atomic E-state index is 10.6. The molecule has 4 heteroatoms. The third-order valence-electron chi connectivity index (χ3n) is 3.97. The van der Waals surface area contributed by atoms with Gasteiger partial charge in [0.2, 0.25) is 0 Å². The molecular weight excluding hydrogens is 227 g/mol. The van der Waals surface area contributed by atoms with E-state index in [4.69, 9.17) is 9.31 Å². The number of carbonyl (C=O) groups excluding carboxylic acids is 1. The molecule has 1 aromatic carbocycles. The summed E-state index contributed by atoms with van der Waals surface area (Å²) in [6, 6.07) is 7.31. The molecule has 1 aliphatic heterocycles. The van der Waals surface area contributed by atoms with Gasteiger partial charge in [-0.3, -0.25) is 4.79 Å². The van der Waals surface area contributed by atoms with Gasteiger partial charge >= 0.3 is 7.12 Å². The van der Waals surface area contributed by atoms with Crippen molar-refractivity contribution in [3.8, 4) is 0 Å². The number of hydrogen-bond acceptors (Lipinski definition) is 3. The lowest BCUT2D eigenvalue weighted by molar-refractivity contribution is -0.0937.